The van der Waals surface area contributed by atoms with E-state index in [1.165, 1.54) is 34.9 Å². The van der Waals surface area contributed by atoms with E-state index in [1.807, 2.05) is 79.0 Å². The maximum absolute atomic E-state index is 15.1. The van der Waals surface area contributed by atoms with Crippen LogP contribution in [0.15, 0.2) is 163 Å². The minimum Gasteiger partial charge on any atom is -0.352 e. The van der Waals surface area contributed by atoms with Crippen LogP contribution < -0.4 is 20.4 Å². The zero-order valence-electron chi connectivity index (χ0n) is 67.6. The number of aryl methyl sites for hydroxylation is 2. The fourth-order valence-corrected chi connectivity index (χ4v) is 15.8. The van der Waals surface area contributed by atoms with Crippen LogP contribution >= 0.6 is 46.4 Å². The van der Waals surface area contributed by atoms with E-state index in [9.17, 15) is 34.1 Å². The number of nitrogens with zero attached hydrogens (tertiary/aromatic N) is 20. The molecule has 6 aromatic heterocycles. The molecule has 0 spiro atoms. The number of anilines is 4. The number of allylic oxidation sites excluding steroid dienone is 1. The molecule has 0 bridgehead atoms. The molecule has 0 radical (unpaired) electrons. The molecule has 606 valence electrons. The molecule has 5 aliphatic heterocycles. The van der Waals surface area contributed by atoms with Gasteiger partial charge in [-0.25, -0.2) is 53.0 Å². The molecule has 13 rings (SSSR count). The van der Waals surface area contributed by atoms with Gasteiger partial charge in [-0.1, -0.05) is 159 Å². The molecule has 30 heteroatoms. The molecular weight excluding hydrogens is 1570 g/mol. The zero-order chi connectivity index (χ0) is 85.1. The Labute approximate surface area is 700 Å². The smallest absolute Gasteiger partial charge is 0.352 e. The lowest BCUT2D eigenvalue weighted by molar-refractivity contribution is -0.131. The van der Waals surface area contributed by atoms with Crippen molar-refractivity contribution in [3.63, 3.8) is 0 Å². The zero-order valence-corrected chi connectivity index (χ0v) is 70.6. The van der Waals surface area contributed by atoms with E-state index >= 15 is 4.39 Å². The van der Waals surface area contributed by atoms with E-state index in [0.29, 0.717) is 167 Å². The Kier molecular flexibility index (Phi) is 26.5. The molecule has 3 fully saturated rings. The van der Waals surface area contributed by atoms with Crippen LogP contribution in [0.25, 0.3) is 44.8 Å². The summed E-state index contributed by atoms with van der Waals surface area (Å²) in [6, 6.07) is 23.3. The normalized spacial score (nSPS) is 17.4. The molecule has 8 aromatic rings. The molecule has 5 aliphatic rings. The summed E-state index contributed by atoms with van der Waals surface area (Å²) >= 11 is 26.3. The number of rotatable bonds is 14. The van der Waals surface area contributed by atoms with E-state index in [2.05, 4.69) is 106 Å². The van der Waals surface area contributed by atoms with Crippen molar-refractivity contribution in [2.75, 3.05) is 73.6 Å². The van der Waals surface area contributed by atoms with Gasteiger partial charge in [0.25, 0.3) is 0 Å². The first-order valence-electron chi connectivity index (χ1n) is 38.2. The predicted octanol–water partition coefficient (Wildman–Crippen LogP) is 16.5. The summed E-state index contributed by atoms with van der Waals surface area (Å²) in [4.78, 5) is 109. The van der Waals surface area contributed by atoms with Crippen molar-refractivity contribution >= 4 is 116 Å². The van der Waals surface area contributed by atoms with Crippen molar-refractivity contribution in [1.82, 2.24) is 64.0 Å². The van der Waals surface area contributed by atoms with Crippen molar-refractivity contribution in [2.24, 2.45) is 15.4 Å². The van der Waals surface area contributed by atoms with Crippen LogP contribution in [-0.2, 0) is 14.4 Å². The van der Waals surface area contributed by atoms with Gasteiger partial charge in [0.05, 0.1) is 108 Å². The van der Waals surface area contributed by atoms with Crippen LogP contribution in [0.4, 0.5) is 31.9 Å². The largest absolute Gasteiger partial charge is 0.355 e. The average Bonchev–Trinajstić information content (AvgIpc) is 0.745. The van der Waals surface area contributed by atoms with Gasteiger partial charge in [-0.3, -0.25) is 24.3 Å². The molecular formula is C87H92Cl4F2N20O4. The van der Waals surface area contributed by atoms with Gasteiger partial charge in [0.15, 0.2) is 17.3 Å². The average molecular weight is 1660 g/mol. The topological polar surface area (TPSA) is 262 Å². The monoisotopic (exact) mass is 1660 g/mol. The number of hydrogen-bond donors (Lipinski definition) is 0. The Balaban J connectivity index is 0.000000173. The maximum atomic E-state index is 15.1. The van der Waals surface area contributed by atoms with Crippen molar-refractivity contribution in [1.29, 1.82) is 10.5 Å². The second-order valence-corrected chi connectivity index (χ2v) is 32.5. The van der Waals surface area contributed by atoms with Crippen LogP contribution in [0, 0.1) is 53.6 Å². The number of pyridine rings is 4. The number of piperazine rings is 3. The van der Waals surface area contributed by atoms with E-state index in [0.717, 1.165) is 22.5 Å². The summed E-state index contributed by atoms with van der Waals surface area (Å²) in [6.07, 6.45) is 5.87. The second-order valence-electron chi connectivity index (χ2n) is 31.0. The number of halogens is 6. The lowest BCUT2D eigenvalue weighted by atomic mass is 9.95. The number of carbonyl (C=O) groups excluding carboxylic acids is 3. The molecule has 0 aliphatic carbocycles. The van der Waals surface area contributed by atoms with Crippen molar-refractivity contribution in [2.45, 2.75) is 132 Å². The first kappa shape index (κ1) is 86.3. The van der Waals surface area contributed by atoms with Crippen LogP contribution in [0.1, 0.15) is 134 Å². The molecule has 24 nitrogen and oxygen atoms in total. The van der Waals surface area contributed by atoms with Crippen molar-refractivity contribution < 1.29 is 23.2 Å². The third-order valence-corrected chi connectivity index (χ3v) is 21.8. The summed E-state index contributed by atoms with van der Waals surface area (Å²) in [6.45, 7) is 51.5. The van der Waals surface area contributed by atoms with Crippen LogP contribution in [0.5, 0.6) is 0 Å². The van der Waals surface area contributed by atoms with Gasteiger partial charge in [0, 0.05) is 88.3 Å². The van der Waals surface area contributed by atoms with Gasteiger partial charge in [-0.2, -0.15) is 15.5 Å². The third-order valence-electron chi connectivity index (χ3n) is 20.6. The van der Waals surface area contributed by atoms with Crippen LogP contribution in [0.3, 0.4) is 0 Å². The molecule has 4 unspecified atom stereocenters. The lowest BCUT2D eigenvalue weighted by Gasteiger charge is -2.46. The highest BCUT2D eigenvalue weighted by Gasteiger charge is 2.42. The fraction of sp³-hybridized carbons (Fsp3) is 0.345. The predicted molar refractivity (Wildman–Crippen MR) is 460 cm³/mol. The molecule has 117 heavy (non-hydrogen) atoms. The van der Waals surface area contributed by atoms with Crippen LogP contribution in [-0.4, -0.2) is 176 Å². The number of benzene rings is 2. The number of fused-ring (bicyclic) bond motifs is 3. The summed E-state index contributed by atoms with van der Waals surface area (Å²) < 4.78 is 31.3. The fourth-order valence-electron chi connectivity index (χ4n) is 15.0. The standard InChI is InChI=1S/C34H37ClFN7O.C28H30ClFN6O.C25H25Cl2N7O2/c1-10-28(44)41-16-21(7)42(17-20(41)6)33-25-15-26(35)30(24-13-11-12-14-27(24)36)40-34(25)43(23(9)38-33)31-22(8)37-32(19(4)5)39-29(31)18(2)3;1-6-24(37)35-14-13-34(16-19(35)11-12-31)26-21-15-22(29)25(20-9-7-8-10-23(20)30)33-27(21)36(18(2)32-26)17-28(3,4)5;1-5-19(35)33-11-10-32(13-16(33)6-8-28)23-17-12-18(26)22(27)30-24(17)34(25(36)31-23)21-15(4)7-9-29-20(21)14(2)3/h10-15,18,20-21H,1,4,9,16-17H2,2-3,5-8H3;6-10,15,19H,1-2,11,13-14,16-17H2,3-5H3;5,7,9,12,14,16H,1,6,10-11,13H2,2-4H3. The summed E-state index contributed by atoms with van der Waals surface area (Å²) in [7, 11) is 0. The van der Waals surface area contributed by atoms with Crippen molar-refractivity contribution in [3.8, 4) is 40.3 Å². The number of carbonyl (C=O) groups is 3. The number of amidine groups is 2. The van der Waals surface area contributed by atoms with Crippen LogP contribution in [0.2, 0.25) is 20.2 Å². The van der Waals surface area contributed by atoms with Gasteiger partial charge in [-0.05, 0) is 130 Å². The third kappa shape index (κ3) is 17.9. The maximum Gasteiger partial charge on any atom is 0.355 e. The van der Waals surface area contributed by atoms with Gasteiger partial charge >= 0.3 is 5.69 Å². The van der Waals surface area contributed by atoms with E-state index in [1.54, 1.807) is 70.6 Å². The molecule has 3 saturated heterocycles. The highest BCUT2D eigenvalue weighted by molar-refractivity contribution is 6.42. The first-order chi connectivity index (χ1) is 55.5. The molecule has 4 atom stereocenters. The number of amides is 3. The number of aromatic nitrogens is 8. The highest BCUT2D eigenvalue weighted by atomic mass is 35.5. The van der Waals surface area contributed by atoms with Gasteiger partial charge < -0.3 is 34.3 Å². The molecule has 0 N–H and O–H groups in total. The lowest BCUT2D eigenvalue weighted by Crippen LogP contribution is -2.59. The van der Waals surface area contributed by atoms with Gasteiger partial charge in [0.1, 0.15) is 51.7 Å². The van der Waals surface area contributed by atoms with E-state index in [-0.39, 0.29) is 86.7 Å². The Hall–Kier alpha value is -11.6. The minimum absolute atomic E-state index is 0.0149. The SMILES string of the molecule is C=CC(=O)N1CC(C)N(C2=NC(=C)N(c3c(C)nc(C(=C)C)nc3C(C)C)c3nc(-c4ccccc4F)c(Cl)cc32)CC1C.C=CC(=O)N1CCN(C2=NC(=C)N(CC(C)(C)C)c3nc(-c4ccccc4F)c(Cl)cc32)CC1CC#N.C=CC(=O)N1CCN(c2nc(=O)n(-c3c(C)ccnc3C(C)C)c3nc(Cl)c(Cl)cc23)CC1CC#N. The van der Waals surface area contributed by atoms with Gasteiger partial charge in [-0.15, -0.1) is 0 Å². The summed E-state index contributed by atoms with van der Waals surface area (Å²) in [5, 5.41) is 20.1. The molecule has 3 amide bonds. The van der Waals surface area contributed by atoms with Gasteiger partial charge in [0.2, 0.25) is 17.7 Å². The molecule has 2 aromatic carbocycles. The Morgan fingerprint density at radius 1 is 0.615 bits per heavy atom. The quantitative estimate of drug-likeness (QED) is 0.0723. The van der Waals surface area contributed by atoms with E-state index < -0.39 is 23.4 Å². The Morgan fingerprint density at radius 3 is 1.68 bits per heavy atom. The summed E-state index contributed by atoms with van der Waals surface area (Å²) in [5.74, 6) is 2.82. The Morgan fingerprint density at radius 2 is 1.15 bits per heavy atom. The Bertz CT molecular complexity index is 5590. The highest BCUT2D eigenvalue weighted by Crippen LogP contribution is 2.46. The number of aliphatic imine (C=N–C) groups is 2. The number of nitriles is 2. The second kappa shape index (κ2) is 35.9. The van der Waals surface area contributed by atoms with E-state index in [4.69, 9.17) is 76.3 Å². The first-order valence-corrected chi connectivity index (χ1v) is 39.7. The number of hydrogen-bond acceptors (Lipinski definition) is 20. The van der Waals surface area contributed by atoms with Crippen molar-refractivity contribution in [3.05, 3.63) is 230 Å². The minimum atomic E-state index is -0.539. The molecule has 0 saturated carbocycles. The summed E-state index contributed by atoms with van der Waals surface area (Å²) in [5.41, 5.74) is 7.36. The molecule has 11 heterocycles.